The lowest BCUT2D eigenvalue weighted by Crippen LogP contribution is -2.14. The second kappa shape index (κ2) is 1.80. The molecule has 37 valence electrons. The Balaban J connectivity index is 2.49. The van der Waals surface area contributed by atoms with E-state index in [0.29, 0.717) is 0 Å². The fourth-order valence-electron chi connectivity index (χ4n) is 0.401. The zero-order chi connectivity index (χ0) is 5.11. The van der Waals surface area contributed by atoms with E-state index in [9.17, 15) is 0 Å². The highest BCUT2D eigenvalue weighted by Crippen LogP contribution is 1.89. The number of aliphatic hydroxyl groups excluding tert-OH is 1. The Morgan fingerprint density at radius 2 is 2.29 bits per heavy atom. The van der Waals surface area contributed by atoms with Crippen LogP contribution in [0.15, 0.2) is 24.4 Å². The third-order valence-corrected chi connectivity index (χ3v) is 0.719. The standard InChI is InChI=1S/C5H6NO/c7-5-3-1-2-4-6-5/h1-5,7H. The Hall–Kier alpha value is -0.760. The van der Waals surface area contributed by atoms with Gasteiger partial charge in [0.15, 0.2) is 6.23 Å². The molecule has 1 aliphatic heterocycles. The van der Waals surface area contributed by atoms with E-state index in [-0.39, 0.29) is 0 Å². The van der Waals surface area contributed by atoms with Crippen LogP contribution in [0.2, 0.25) is 0 Å². The van der Waals surface area contributed by atoms with Gasteiger partial charge in [-0.3, -0.25) is 5.32 Å². The minimum atomic E-state index is -0.606. The molecule has 0 amide bonds. The minimum Gasteiger partial charge on any atom is -0.368 e. The van der Waals surface area contributed by atoms with Crippen molar-refractivity contribution in [1.82, 2.24) is 5.32 Å². The van der Waals surface area contributed by atoms with Crippen LogP contribution < -0.4 is 5.32 Å². The summed E-state index contributed by atoms with van der Waals surface area (Å²) in [5.41, 5.74) is 0. The van der Waals surface area contributed by atoms with E-state index in [2.05, 4.69) is 5.32 Å². The topological polar surface area (TPSA) is 34.3 Å². The molecule has 1 heterocycles. The van der Waals surface area contributed by atoms with E-state index in [0.717, 1.165) is 0 Å². The Morgan fingerprint density at radius 1 is 1.43 bits per heavy atom. The average molecular weight is 96.1 g/mol. The molecule has 1 unspecified atom stereocenters. The molecule has 2 heteroatoms. The molecule has 0 saturated carbocycles. The van der Waals surface area contributed by atoms with Crippen molar-refractivity contribution in [3.05, 3.63) is 24.4 Å². The third-order valence-electron chi connectivity index (χ3n) is 0.719. The molecule has 0 aliphatic carbocycles. The van der Waals surface area contributed by atoms with E-state index >= 15 is 0 Å². The van der Waals surface area contributed by atoms with Gasteiger partial charge in [0.1, 0.15) is 0 Å². The van der Waals surface area contributed by atoms with Crippen LogP contribution in [-0.4, -0.2) is 11.3 Å². The van der Waals surface area contributed by atoms with E-state index < -0.39 is 6.23 Å². The summed E-state index contributed by atoms with van der Waals surface area (Å²) >= 11 is 0. The summed E-state index contributed by atoms with van der Waals surface area (Å²) in [5.74, 6) is 0. The number of hydrogen-bond acceptors (Lipinski definition) is 1. The maximum Gasteiger partial charge on any atom is 0.164 e. The number of hydrogen-bond donors (Lipinski definition) is 1. The molecular weight excluding hydrogens is 90.1 g/mol. The van der Waals surface area contributed by atoms with E-state index in [1.807, 2.05) is 0 Å². The highest BCUT2D eigenvalue weighted by molar-refractivity contribution is 5.08. The van der Waals surface area contributed by atoms with Gasteiger partial charge in [0, 0.05) is 6.20 Å². The summed E-state index contributed by atoms with van der Waals surface area (Å²) in [7, 11) is 0. The van der Waals surface area contributed by atoms with Crippen molar-refractivity contribution in [1.29, 1.82) is 0 Å². The lowest BCUT2D eigenvalue weighted by molar-refractivity contribution is 0.197. The molecule has 1 atom stereocenters. The second-order valence-corrected chi connectivity index (χ2v) is 1.29. The van der Waals surface area contributed by atoms with Crippen LogP contribution in [0.4, 0.5) is 0 Å². The van der Waals surface area contributed by atoms with Gasteiger partial charge < -0.3 is 5.11 Å². The number of nitrogens with zero attached hydrogens (tertiary/aromatic N) is 1. The maximum atomic E-state index is 8.60. The second-order valence-electron chi connectivity index (χ2n) is 1.29. The number of rotatable bonds is 0. The highest BCUT2D eigenvalue weighted by atomic mass is 16.3. The van der Waals surface area contributed by atoms with Crippen molar-refractivity contribution in [2.75, 3.05) is 0 Å². The van der Waals surface area contributed by atoms with Crippen LogP contribution in [0.3, 0.4) is 0 Å². The number of allylic oxidation sites excluding steroid dienone is 2. The van der Waals surface area contributed by atoms with E-state index in [4.69, 9.17) is 5.11 Å². The van der Waals surface area contributed by atoms with Crippen LogP contribution in [0.1, 0.15) is 0 Å². The van der Waals surface area contributed by atoms with Crippen molar-refractivity contribution < 1.29 is 5.11 Å². The van der Waals surface area contributed by atoms with Crippen molar-refractivity contribution in [3.63, 3.8) is 0 Å². The molecule has 0 aromatic carbocycles. The van der Waals surface area contributed by atoms with Gasteiger partial charge in [0.05, 0.1) is 0 Å². The van der Waals surface area contributed by atoms with Crippen molar-refractivity contribution in [2.45, 2.75) is 6.23 Å². The van der Waals surface area contributed by atoms with Gasteiger partial charge in [-0.05, 0) is 12.2 Å². The Morgan fingerprint density at radius 3 is 2.57 bits per heavy atom. The first-order valence-electron chi connectivity index (χ1n) is 2.11. The van der Waals surface area contributed by atoms with Gasteiger partial charge >= 0.3 is 0 Å². The van der Waals surface area contributed by atoms with Crippen LogP contribution in [0, 0.1) is 0 Å². The average Bonchev–Trinajstić information content (AvgIpc) is 1.69. The van der Waals surface area contributed by atoms with Gasteiger partial charge in [-0.15, -0.1) is 0 Å². The summed E-state index contributed by atoms with van der Waals surface area (Å²) < 4.78 is 0. The summed E-state index contributed by atoms with van der Waals surface area (Å²) in [6.45, 7) is 0. The molecule has 1 rings (SSSR count). The van der Waals surface area contributed by atoms with Crippen molar-refractivity contribution >= 4 is 0 Å². The SMILES string of the molecule is OC1C=CC=C[N]1. The van der Waals surface area contributed by atoms with Crippen LogP contribution in [0.25, 0.3) is 0 Å². The molecule has 0 aromatic rings. The van der Waals surface area contributed by atoms with Gasteiger partial charge in [-0.2, -0.15) is 0 Å². The molecule has 0 spiro atoms. The molecular formula is C5H6NO. The Labute approximate surface area is 42.2 Å². The van der Waals surface area contributed by atoms with Crippen molar-refractivity contribution in [3.8, 4) is 0 Å². The monoisotopic (exact) mass is 96.0 g/mol. The predicted molar refractivity (Wildman–Crippen MR) is 26.4 cm³/mol. The summed E-state index contributed by atoms with van der Waals surface area (Å²) in [6, 6.07) is 0. The first kappa shape index (κ1) is 4.40. The normalized spacial score (nSPS) is 27.3. The van der Waals surface area contributed by atoms with Crippen molar-refractivity contribution in [2.24, 2.45) is 0 Å². The van der Waals surface area contributed by atoms with Crippen LogP contribution >= 0.6 is 0 Å². The Bertz CT molecular complexity index is 107. The number of aliphatic hydroxyl groups is 1. The first-order chi connectivity index (χ1) is 3.39. The fraction of sp³-hybridized carbons (Fsp3) is 0.200. The highest BCUT2D eigenvalue weighted by Gasteiger charge is 1.94. The van der Waals surface area contributed by atoms with Gasteiger partial charge in [0.25, 0.3) is 0 Å². The molecule has 1 N–H and O–H groups in total. The third kappa shape index (κ3) is 1.05. The first-order valence-corrected chi connectivity index (χ1v) is 2.11. The molecule has 0 bridgehead atoms. The molecule has 0 saturated heterocycles. The van der Waals surface area contributed by atoms with Gasteiger partial charge in [-0.1, -0.05) is 6.08 Å². The lowest BCUT2D eigenvalue weighted by atomic mass is 10.4. The smallest absolute Gasteiger partial charge is 0.164 e. The van der Waals surface area contributed by atoms with Gasteiger partial charge in [0.2, 0.25) is 0 Å². The molecule has 1 radical (unpaired) electrons. The zero-order valence-corrected chi connectivity index (χ0v) is 3.78. The predicted octanol–water partition coefficient (Wildman–Crippen LogP) is -0.00730. The molecule has 0 fully saturated rings. The van der Waals surface area contributed by atoms with Gasteiger partial charge in [-0.25, -0.2) is 0 Å². The Kier molecular flexibility index (Phi) is 1.13. The van der Waals surface area contributed by atoms with E-state index in [1.54, 1.807) is 24.4 Å². The van der Waals surface area contributed by atoms with E-state index in [1.165, 1.54) is 0 Å². The summed E-state index contributed by atoms with van der Waals surface area (Å²) in [6.07, 6.45) is 6.11. The maximum absolute atomic E-state index is 8.60. The quantitative estimate of drug-likeness (QED) is 0.452. The largest absolute Gasteiger partial charge is 0.368 e. The van der Waals surface area contributed by atoms with Crippen LogP contribution in [-0.2, 0) is 0 Å². The zero-order valence-electron chi connectivity index (χ0n) is 3.78. The molecule has 7 heavy (non-hydrogen) atoms. The summed E-state index contributed by atoms with van der Waals surface area (Å²) in [5, 5.41) is 12.2. The minimum absolute atomic E-state index is 0.606. The lowest BCUT2D eigenvalue weighted by Gasteiger charge is -2.02. The summed E-state index contributed by atoms with van der Waals surface area (Å²) in [4.78, 5) is 0. The molecule has 1 aliphatic rings. The molecule has 0 aromatic heterocycles. The molecule has 2 nitrogen and oxygen atoms in total. The fourth-order valence-corrected chi connectivity index (χ4v) is 0.401. The van der Waals surface area contributed by atoms with Crippen LogP contribution in [0.5, 0.6) is 0 Å².